The summed E-state index contributed by atoms with van der Waals surface area (Å²) in [6.07, 6.45) is 3.96. The van der Waals surface area contributed by atoms with Gasteiger partial charge in [0.1, 0.15) is 11.8 Å². The molecule has 0 aliphatic carbocycles. The van der Waals surface area contributed by atoms with Crippen molar-refractivity contribution in [3.63, 3.8) is 0 Å². The molecule has 34 heavy (non-hydrogen) atoms. The lowest BCUT2D eigenvalue weighted by atomic mass is 10.0. The molecule has 9 nitrogen and oxygen atoms in total. The van der Waals surface area contributed by atoms with Crippen molar-refractivity contribution in [2.24, 2.45) is 0 Å². The van der Waals surface area contributed by atoms with E-state index in [2.05, 4.69) is 15.4 Å². The smallest absolute Gasteiger partial charge is 0.262 e. The number of amides is 1. The Labute approximate surface area is 198 Å². The van der Waals surface area contributed by atoms with Gasteiger partial charge in [-0.3, -0.25) is 19.6 Å². The number of sulfonamides is 1. The van der Waals surface area contributed by atoms with Crippen molar-refractivity contribution in [1.29, 1.82) is 0 Å². The van der Waals surface area contributed by atoms with E-state index in [4.69, 9.17) is 9.57 Å². The van der Waals surface area contributed by atoms with Crippen LogP contribution in [0, 0.1) is 0 Å². The molecular weight excluding hydrogens is 456 g/mol. The van der Waals surface area contributed by atoms with Crippen LogP contribution in [0.5, 0.6) is 5.75 Å². The van der Waals surface area contributed by atoms with Crippen molar-refractivity contribution in [2.75, 3.05) is 6.61 Å². The van der Waals surface area contributed by atoms with E-state index in [9.17, 15) is 13.2 Å². The van der Waals surface area contributed by atoms with Crippen LogP contribution in [0.2, 0.25) is 0 Å². The molecule has 2 heterocycles. The van der Waals surface area contributed by atoms with Gasteiger partial charge in [0.25, 0.3) is 5.91 Å². The molecule has 0 fully saturated rings. The Morgan fingerprint density at radius 3 is 2.47 bits per heavy atom. The topological polar surface area (TPSA) is 111 Å². The lowest BCUT2D eigenvalue weighted by Crippen LogP contribution is -2.52. The van der Waals surface area contributed by atoms with E-state index in [1.807, 2.05) is 37.3 Å². The Kier molecular flexibility index (Phi) is 7.51. The first-order valence-corrected chi connectivity index (χ1v) is 12.4. The number of hydroxylamine groups is 1. The van der Waals surface area contributed by atoms with Crippen LogP contribution in [-0.4, -0.2) is 41.2 Å². The number of nitrogens with one attached hydrogen (secondary N) is 1. The van der Waals surface area contributed by atoms with Gasteiger partial charge in [0.2, 0.25) is 10.0 Å². The molecule has 0 bridgehead atoms. The van der Waals surface area contributed by atoms with Crippen molar-refractivity contribution in [1.82, 2.24) is 19.8 Å². The van der Waals surface area contributed by atoms with Gasteiger partial charge in [-0.1, -0.05) is 37.3 Å². The second-order valence-corrected chi connectivity index (χ2v) is 9.67. The fourth-order valence-corrected chi connectivity index (χ4v) is 5.16. The van der Waals surface area contributed by atoms with Crippen LogP contribution in [0.3, 0.4) is 0 Å². The Hall–Kier alpha value is -3.34. The third kappa shape index (κ3) is 5.41. The van der Waals surface area contributed by atoms with Crippen molar-refractivity contribution in [3.8, 4) is 5.75 Å². The summed E-state index contributed by atoms with van der Waals surface area (Å²) < 4.78 is 33.8. The molecule has 1 N–H and O–H groups in total. The molecule has 1 aliphatic heterocycles. The highest BCUT2D eigenvalue weighted by Gasteiger charge is 2.41. The third-order valence-electron chi connectivity index (χ3n) is 5.36. The minimum Gasteiger partial charge on any atom is -0.494 e. The number of rotatable bonds is 9. The molecule has 1 unspecified atom stereocenters. The first-order valence-electron chi connectivity index (χ1n) is 11.0. The quantitative estimate of drug-likeness (QED) is 0.467. The van der Waals surface area contributed by atoms with Gasteiger partial charge in [-0.15, -0.1) is 0 Å². The van der Waals surface area contributed by atoms with E-state index in [0.717, 1.165) is 16.3 Å². The van der Waals surface area contributed by atoms with Gasteiger partial charge in [0.05, 0.1) is 36.0 Å². The summed E-state index contributed by atoms with van der Waals surface area (Å²) in [5, 5.41) is 0. The summed E-state index contributed by atoms with van der Waals surface area (Å²) in [5.41, 5.74) is 4.38. The minimum atomic E-state index is -4.02. The number of hydrogen-bond acceptors (Lipinski definition) is 7. The van der Waals surface area contributed by atoms with Crippen LogP contribution >= 0.6 is 0 Å². The fourth-order valence-electron chi connectivity index (χ4n) is 3.61. The van der Waals surface area contributed by atoms with Crippen LogP contribution < -0.4 is 10.2 Å². The van der Waals surface area contributed by atoms with Gasteiger partial charge in [-0.2, -0.15) is 4.31 Å². The maximum absolute atomic E-state index is 13.5. The molecule has 10 heteroatoms. The Bertz CT molecular complexity index is 1220. The Morgan fingerprint density at radius 2 is 1.76 bits per heavy atom. The molecule has 0 saturated heterocycles. The van der Waals surface area contributed by atoms with Gasteiger partial charge in [0.15, 0.2) is 0 Å². The van der Waals surface area contributed by atoms with Crippen LogP contribution in [0.1, 0.15) is 30.3 Å². The highest BCUT2D eigenvalue weighted by Crippen LogP contribution is 2.28. The van der Waals surface area contributed by atoms with Gasteiger partial charge in [-0.25, -0.2) is 13.9 Å². The summed E-state index contributed by atoms with van der Waals surface area (Å²) in [6.45, 7) is 2.61. The van der Waals surface area contributed by atoms with E-state index < -0.39 is 22.0 Å². The molecule has 0 saturated carbocycles. The summed E-state index contributed by atoms with van der Waals surface area (Å²) >= 11 is 0. The number of carbonyl (C=O) groups is 1. The zero-order valence-electron chi connectivity index (χ0n) is 18.8. The van der Waals surface area contributed by atoms with Gasteiger partial charge in [0, 0.05) is 18.8 Å². The first kappa shape index (κ1) is 23.8. The molecule has 4 rings (SSSR count). The Balaban J connectivity index is 1.55. The number of nitrogens with zero attached hydrogens (tertiary/aromatic N) is 3. The fraction of sp³-hybridized carbons (Fsp3) is 0.292. The predicted molar refractivity (Wildman–Crippen MR) is 124 cm³/mol. The van der Waals surface area contributed by atoms with Crippen LogP contribution in [0.15, 0.2) is 71.9 Å². The number of hydrogen-bond donors (Lipinski definition) is 1. The Morgan fingerprint density at radius 1 is 1.06 bits per heavy atom. The molecule has 1 amide bonds. The van der Waals surface area contributed by atoms with Gasteiger partial charge in [-0.05, 0) is 36.2 Å². The van der Waals surface area contributed by atoms with E-state index in [1.165, 1.54) is 24.5 Å². The van der Waals surface area contributed by atoms with Crippen molar-refractivity contribution in [3.05, 3.63) is 83.9 Å². The number of benzene rings is 2. The van der Waals surface area contributed by atoms with Crippen molar-refractivity contribution >= 4 is 15.9 Å². The first-order chi connectivity index (χ1) is 16.5. The monoisotopic (exact) mass is 482 g/mol. The molecule has 1 aromatic heterocycles. The summed E-state index contributed by atoms with van der Waals surface area (Å²) in [5.74, 6) is 0.0120. The molecule has 0 radical (unpaired) electrons. The second-order valence-electron chi connectivity index (χ2n) is 7.78. The normalized spacial score (nSPS) is 16.0. The molecule has 2 aromatic carbocycles. The number of carbonyl (C=O) groups excluding carboxylic acids is 1. The zero-order chi connectivity index (χ0) is 24.0. The van der Waals surface area contributed by atoms with E-state index in [1.54, 1.807) is 12.1 Å². The second kappa shape index (κ2) is 10.7. The lowest BCUT2D eigenvalue weighted by Gasteiger charge is -2.33. The lowest BCUT2D eigenvalue weighted by molar-refractivity contribution is -0.139. The number of ether oxygens (including phenoxy) is 1. The summed E-state index contributed by atoms with van der Waals surface area (Å²) in [7, 11) is -4.02. The SMILES string of the molecule is CCCOc1ccc(S(=O)(=O)N2Cc3nccnc3CC2C(=O)NOCc2ccccc2)cc1. The van der Waals surface area contributed by atoms with Crippen LogP contribution in [0.25, 0.3) is 0 Å². The molecule has 1 atom stereocenters. The highest BCUT2D eigenvalue weighted by molar-refractivity contribution is 7.89. The predicted octanol–water partition coefficient (Wildman–Crippen LogP) is 2.63. The average Bonchev–Trinajstić information content (AvgIpc) is 2.87. The molecule has 1 aliphatic rings. The molecule has 3 aromatic rings. The highest BCUT2D eigenvalue weighted by atomic mass is 32.2. The van der Waals surface area contributed by atoms with Gasteiger partial charge >= 0.3 is 0 Å². The van der Waals surface area contributed by atoms with Crippen LogP contribution in [-0.2, 0) is 39.2 Å². The molecular formula is C24H26N4O5S. The maximum Gasteiger partial charge on any atom is 0.262 e. The third-order valence-corrected chi connectivity index (χ3v) is 7.23. The zero-order valence-corrected chi connectivity index (χ0v) is 19.6. The number of aromatic nitrogens is 2. The average molecular weight is 483 g/mol. The van der Waals surface area contributed by atoms with E-state index in [-0.39, 0.29) is 24.5 Å². The minimum absolute atomic E-state index is 0.0618. The summed E-state index contributed by atoms with van der Waals surface area (Å²) in [4.78, 5) is 27.0. The van der Waals surface area contributed by atoms with Gasteiger partial charge < -0.3 is 4.74 Å². The van der Waals surface area contributed by atoms with Crippen molar-refractivity contribution in [2.45, 2.75) is 43.9 Å². The maximum atomic E-state index is 13.5. The van der Waals surface area contributed by atoms with E-state index >= 15 is 0 Å². The van der Waals surface area contributed by atoms with Crippen molar-refractivity contribution < 1.29 is 22.8 Å². The van der Waals surface area contributed by atoms with E-state index in [0.29, 0.717) is 23.7 Å². The molecule has 178 valence electrons. The molecule has 0 spiro atoms. The number of fused-ring (bicyclic) bond motifs is 1. The standard InChI is InChI=1S/C24H26N4O5S/c1-2-14-32-19-8-10-20(11-9-19)34(30,31)28-16-22-21(25-12-13-26-22)15-23(28)24(29)27-33-17-18-6-4-3-5-7-18/h3-13,23H,2,14-17H2,1H3,(H,27,29). The van der Waals surface area contributed by atoms with Crippen LogP contribution in [0.4, 0.5) is 0 Å². The largest absolute Gasteiger partial charge is 0.494 e. The summed E-state index contributed by atoms with van der Waals surface area (Å²) in [6, 6.07) is 14.5.